The van der Waals surface area contributed by atoms with Crippen molar-refractivity contribution in [1.82, 2.24) is 5.32 Å². The molecule has 2 unspecified atom stereocenters. The van der Waals surface area contributed by atoms with Crippen molar-refractivity contribution >= 4 is 0 Å². The second kappa shape index (κ2) is 7.89. The average molecular weight is 244 g/mol. The number of nitriles is 1. The van der Waals surface area contributed by atoms with Gasteiger partial charge >= 0.3 is 0 Å². The van der Waals surface area contributed by atoms with Gasteiger partial charge in [0.25, 0.3) is 0 Å². The van der Waals surface area contributed by atoms with Crippen molar-refractivity contribution in [3.8, 4) is 6.07 Å². The van der Waals surface area contributed by atoms with E-state index in [2.05, 4.69) is 32.2 Å². The minimum Gasteiger partial charge on any atom is -0.310 e. The summed E-state index contributed by atoms with van der Waals surface area (Å²) < 4.78 is 0. The topological polar surface area (TPSA) is 35.8 Å². The van der Waals surface area contributed by atoms with Gasteiger partial charge < -0.3 is 5.32 Å². The number of rotatable bonds is 7. The molecule has 0 aliphatic carbocycles. The van der Waals surface area contributed by atoms with Crippen LogP contribution >= 0.6 is 0 Å². The predicted molar refractivity (Wildman–Crippen MR) is 76.1 cm³/mol. The second-order valence-electron chi connectivity index (χ2n) is 5.04. The van der Waals surface area contributed by atoms with Crippen molar-refractivity contribution < 1.29 is 0 Å². The molecular weight excluding hydrogens is 220 g/mol. The van der Waals surface area contributed by atoms with E-state index in [1.54, 1.807) is 0 Å². The first kappa shape index (κ1) is 14.7. The normalized spacial score (nSPS) is 13.9. The molecule has 0 aromatic heterocycles. The van der Waals surface area contributed by atoms with Crippen LogP contribution in [0.25, 0.3) is 0 Å². The van der Waals surface area contributed by atoms with E-state index in [1.807, 2.05) is 24.3 Å². The van der Waals surface area contributed by atoms with Crippen LogP contribution in [0.5, 0.6) is 0 Å². The van der Waals surface area contributed by atoms with Crippen molar-refractivity contribution in [2.24, 2.45) is 5.92 Å². The Kier molecular flexibility index (Phi) is 6.46. The highest BCUT2D eigenvalue weighted by atomic mass is 14.9. The first-order chi connectivity index (χ1) is 8.69. The van der Waals surface area contributed by atoms with E-state index in [-0.39, 0.29) is 0 Å². The van der Waals surface area contributed by atoms with Crippen LogP contribution in [0.15, 0.2) is 24.3 Å². The fourth-order valence-electron chi connectivity index (χ4n) is 2.01. The maximum atomic E-state index is 8.75. The summed E-state index contributed by atoms with van der Waals surface area (Å²) in [7, 11) is 0. The monoisotopic (exact) mass is 244 g/mol. The van der Waals surface area contributed by atoms with Gasteiger partial charge in [0, 0.05) is 12.6 Å². The first-order valence-corrected chi connectivity index (χ1v) is 6.92. The van der Waals surface area contributed by atoms with Gasteiger partial charge in [0.15, 0.2) is 0 Å². The molecule has 98 valence electrons. The third kappa shape index (κ3) is 4.89. The van der Waals surface area contributed by atoms with Gasteiger partial charge in [-0.05, 0) is 36.5 Å². The molecule has 1 rings (SSSR count). The lowest BCUT2D eigenvalue weighted by Crippen LogP contribution is -2.29. The number of nitrogens with zero attached hydrogens (tertiary/aromatic N) is 1. The van der Waals surface area contributed by atoms with E-state index in [0.29, 0.717) is 6.04 Å². The SMILES string of the molecule is CCC(C)CC(CC)NCc1ccc(C#N)cc1. The van der Waals surface area contributed by atoms with Crippen LogP contribution in [0.4, 0.5) is 0 Å². The fourth-order valence-corrected chi connectivity index (χ4v) is 2.01. The molecule has 0 heterocycles. The fraction of sp³-hybridized carbons (Fsp3) is 0.562. The summed E-state index contributed by atoms with van der Waals surface area (Å²) in [6.07, 6.45) is 3.65. The molecule has 1 N–H and O–H groups in total. The predicted octanol–water partition coefficient (Wildman–Crippen LogP) is 3.86. The highest BCUT2D eigenvalue weighted by Gasteiger charge is 2.09. The second-order valence-corrected chi connectivity index (χ2v) is 5.04. The Morgan fingerprint density at radius 2 is 1.83 bits per heavy atom. The highest BCUT2D eigenvalue weighted by molar-refractivity contribution is 5.31. The van der Waals surface area contributed by atoms with Gasteiger partial charge in [0.1, 0.15) is 0 Å². The van der Waals surface area contributed by atoms with Crippen molar-refractivity contribution in [1.29, 1.82) is 5.26 Å². The average Bonchev–Trinajstić information content (AvgIpc) is 2.43. The maximum absolute atomic E-state index is 8.75. The molecule has 18 heavy (non-hydrogen) atoms. The zero-order valence-corrected chi connectivity index (χ0v) is 11.7. The zero-order valence-electron chi connectivity index (χ0n) is 11.7. The molecule has 0 bridgehead atoms. The van der Waals surface area contributed by atoms with Gasteiger partial charge in [-0.25, -0.2) is 0 Å². The minimum absolute atomic E-state index is 0.593. The Hall–Kier alpha value is -1.33. The maximum Gasteiger partial charge on any atom is 0.0991 e. The molecule has 2 atom stereocenters. The molecular formula is C16H24N2. The Balaban J connectivity index is 2.44. The van der Waals surface area contributed by atoms with Crippen LogP contribution in [0.3, 0.4) is 0 Å². The molecule has 0 aliphatic heterocycles. The van der Waals surface area contributed by atoms with E-state index in [0.717, 1.165) is 18.0 Å². The van der Waals surface area contributed by atoms with E-state index in [9.17, 15) is 0 Å². The van der Waals surface area contributed by atoms with Crippen LogP contribution in [0, 0.1) is 17.2 Å². The van der Waals surface area contributed by atoms with Gasteiger partial charge in [0.2, 0.25) is 0 Å². The summed E-state index contributed by atoms with van der Waals surface area (Å²) >= 11 is 0. The lowest BCUT2D eigenvalue weighted by Gasteiger charge is -2.20. The zero-order chi connectivity index (χ0) is 13.4. The number of benzene rings is 1. The summed E-state index contributed by atoms with van der Waals surface area (Å²) in [6.45, 7) is 7.68. The van der Waals surface area contributed by atoms with Crippen LogP contribution in [-0.4, -0.2) is 6.04 Å². The Morgan fingerprint density at radius 1 is 1.17 bits per heavy atom. The molecule has 2 nitrogen and oxygen atoms in total. The molecule has 0 saturated heterocycles. The smallest absolute Gasteiger partial charge is 0.0991 e. The van der Waals surface area contributed by atoms with E-state index in [4.69, 9.17) is 5.26 Å². The molecule has 0 radical (unpaired) electrons. The molecule has 1 aromatic carbocycles. The van der Waals surface area contributed by atoms with Crippen LogP contribution in [-0.2, 0) is 6.54 Å². The highest BCUT2D eigenvalue weighted by Crippen LogP contribution is 2.13. The van der Waals surface area contributed by atoms with Gasteiger partial charge in [0.05, 0.1) is 11.6 Å². The van der Waals surface area contributed by atoms with Crippen LogP contribution in [0.2, 0.25) is 0 Å². The minimum atomic E-state index is 0.593. The van der Waals surface area contributed by atoms with Crippen molar-refractivity contribution in [3.63, 3.8) is 0 Å². The Labute approximate surface area is 111 Å². The number of nitrogens with one attached hydrogen (secondary N) is 1. The molecule has 2 heteroatoms. The van der Waals surface area contributed by atoms with Crippen molar-refractivity contribution in [2.45, 2.75) is 52.6 Å². The third-order valence-corrected chi connectivity index (χ3v) is 3.55. The molecule has 0 saturated carbocycles. The Bertz CT molecular complexity index is 375. The molecule has 0 fully saturated rings. The van der Waals surface area contributed by atoms with Gasteiger partial charge in [-0.1, -0.05) is 39.3 Å². The molecule has 0 spiro atoms. The van der Waals surface area contributed by atoms with Crippen LogP contribution in [0.1, 0.15) is 51.2 Å². The number of hydrogen-bond donors (Lipinski definition) is 1. The quantitative estimate of drug-likeness (QED) is 0.790. The largest absolute Gasteiger partial charge is 0.310 e. The lowest BCUT2D eigenvalue weighted by molar-refractivity contribution is 0.384. The number of hydrogen-bond acceptors (Lipinski definition) is 2. The summed E-state index contributed by atoms with van der Waals surface area (Å²) in [5.41, 5.74) is 1.97. The van der Waals surface area contributed by atoms with Crippen LogP contribution < -0.4 is 5.32 Å². The summed E-state index contributed by atoms with van der Waals surface area (Å²) in [4.78, 5) is 0. The van der Waals surface area contributed by atoms with E-state index in [1.165, 1.54) is 24.8 Å². The lowest BCUT2D eigenvalue weighted by atomic mass is 9.97. The van der Waals surface area contributed by atoms with E-state index < -0.39 is 0 Å². The standard InChI is InChI=1S/C16H24N2/c1-4-13(3)10-16(5-2)18-12-15-8-6-14(11-17)7-9-15/h6-9,13,16,18H,4-5,10,12H2,1-3H3. The van der Waals surface area contributed by atoms with Crippen molar-refractivity contribution in [3.05, 3.63) is 35.4 Å². The molecule has 1 aromatic rings. The molecule has 0 amide bonds. The summed E-state index contributed by atoms with van der Waals surface area (Å²) in [5.74, 6) is 0.781. The van der Waals surface area contributed by atoms with Crippen molar-refractivity contribution in [2.75, 3.05) is 0 Å². The van der Waals surface area contributed by atoms with E-state index >= 15 is 0 Å². The van der Waals surface area contributed by atoms with Gasteiger partial charge in [-0.15, -0.1) is 0 Å². The Morgan fingerprint density at radius 3 is 2.33 bits per heavy atom. The van der Waals surface area contributed by atoms with Gasteiger partial charge in [-0.2, -0.15) is 5.26 Å². The summed E-state index contributed by atoms with van der Waals surface area (Å²) in [5, 5.41) is 12.4. The summed E-state index contributed by atoms with van der Waals surface area (Å²) in [6, 6.07) is 10.6. The first-order valence-electron chi connectivity index (χ1n) is 6.92. The molecule has 0 aliphatic rings. The third-order valence-electron chi connectivity index (χ3n) is 3.55. The van der Waals surface area contributed by atoms with Gasteiger partial charge in [-0.3, -0.25) is 0 Å².